The van der Waals surface area contributed by atoms with Crippen LogP contribution in [0.15, 0.2) is 41.1 Å². The van der Waals surface area contributed by atoms with Gasteiger partial charge in [-0.3, -0.25) is 9.48 Å². The van der Waals surface area contributed by atoms with Gasteiger partial charge in [-0.15, -0.1) is 0 Å². The standard InChI is InChI=1S/C20H21Cl2N5O2/c1-13-17(22)18(19-24-8-11-29-19)25-27(13)12-16(28)26-9-6-20(23,7-10-26)14-2-4-15(21)5-3-14/h2-5,8,11H,6-7,9-10,12,23H2,1H3. The van der Waals surface area contributed by atoms with E-state index in [0.29, 0.717) is 53.3 Å². The summed E-state index contributed by atoms with van der Waals surface area (Å²) in [4.78, 5) is 18.7. The van der Waals surface area contributed by atoms with Crippen LogP contribution in [0.1, 0.15) is 24.1 Å². The second kappa shape index (κ2) is 7.82. The van der Waals surface area contributed by atoms with Crippen molar-refractivity contribution < 1.29 is 9.21 Å². The maximum atomic E-state index is 12.8. The van der Waals surface area contributed by atoms with E-state index in [4.69, 9.17) is 33.4 Å². The van der Waals surface area contributed by atoms with Gasteiger partial charge in [-0.1, -0.05) is 35.3 Å². The van der Waals surface area contributed by atoms with Crippen molar-refractivity contribution in [1.82, 2.24) is 19.7 Å². The van der Waals surface area contributed by atoms with Gasteiger partial charge in [0.05, 0.1) is 16.9 Å². The van der Waals surface area contributed by atoms with Gasteiger partial charge in [0.1, 0.15) is 12.8 Å². The molecule has 0 radical (unpaired) electrons. The summed E-state index contributed by atoms with van der Waals surface area (Å²) in [5.74, 6) is 0.308. The molecular weight excluding hydrogens is 413 g/mol. The highest BCUT2D eigenvalue weighted by Crippen LogP contribution is 2.32. The fourth-order valence-corrected chi connectivity index (χ4v) is 3.95. The van der Waals surface area contributed by atoms with Crippen LogP contribution in [0, 0.1) is 6.92 Å². The molecule has 29 heavy (non-hydrogen) atoms. The molecule has 1 aliphatic heterocycles. The molecule has 7 nitrogen and oxygen atoms in total. The van der Waals surface area contributed by atoms with Crippen LogP contribution in [0.3, 0.4) is 0 Å². The quantitative estimate of drug-likeness (QED) is 0.677. The lowest BCUT2D eigenvalue weighted by Crippen LogP contribution is -2.50. The average molecular weight is 434 g/mol. The average Bonchev–Trinajstić information content (AvgIpc) is 3.33. The van der Waals surface area contributed by atoms with Crippen molar-refractivity contribution in [2.45, 2.75) is 31.8 Å². The minimum absolute atomic E-state index is 0.0237. The van der Waals surface area contributed by atoms with Crippen LogP contribution in [0.4, 0.5) is 0 Å². The lowest BCUT2D eigenvalue weighted by molar-refractivity contribution is -0.133. The zero-order chi connectivity index (χ0) is 20.6. The largest absolute Gasteiger partial charge is 0.443 e. The van der Waals surface area contributed by atoms with Gasteiger partial charge in [0.2, 0.25) is 11.8 Å². The zero-order valence-electron chi connectivity index (χ0n) is 15.9. The molecule has 4 rings (SSSR count). The number of hydrogen-bond acceptors (Lipinski definition) is 5. The molecule has 0 spiro atoms. The molecule has 1 aliphatic rings. The van der Waals surface area contributed by atoms with Gasteiger partial charge in [-0.2, -0.15) is 5.10 Å². The van der Waals surface area contributed by atoms with E-state index in [9.17, 15) is 4.79 Å². The SMILES string of the molecule is Cc1c(Cl)c(-c2ncco2)nn1CC(=O)N1CCC(N)(c2ccc(Cl)cc2)CC1. The normalized spacial score (nSPS) is 16.2. The Hall–Kier alpha value is -2.35. The third kappa shape index (κ3) is 3.90. The summed E-state index contributed by atoms with van der Waals surface area (Å²) in [5, 5.41) is 5.53. The number of carbonyl (C=O) groups is 1. The van der Waals surface area contributed by atoms with Crippen molar-refractivity contribution in [2.75, 3.05) is 13.1 Å². The van der Waals surface area contributed by atoms with Crippen molar-refractivity contribution in [3.63, 3.8) is 0 Å². The molecule has 9 heteroatoms. The number of hydrogen-bond donors (Lipinski definition) is 1. The first-order valence-corrected chi connectivity index (χ1v) is 10.1. The first-order chi connectivity index (χ1) is 13.9. The number of nitrogens with zero attached hydrogens (tertiary/aromatic N) is 4. The first kappa shape index (κ1) is 19.9. The van der Waals surface area contributed by atoms with Crippen LogP contribution in [-0.4, -0.2) is 38.7 Å². The summed E-state index contributed by atoms with van der Waals surface area (Å²) in [6, 6.07) is 7.61. The van der Waals surface area contributed by atoms with E-state index in [1.807, 2.05) is 36.1 Å². The van der Waals surface area contributed by atoms with Crippen molar-refractivity contribution in [3.05, 3.63) is 58.0 Å². The number of carbonyl (C=O) groups excluding carboxylic acids is 1. The van der Waals surface area contributed by atoms with E-state index in [2.05, 4.69) is 10.1 Å². The monoisotopic (exact) mass is 433 g/mol. The molecule has 0 unspecified atom stereocenters. The molecule has 1 aromatic carbocycles. The Morgan fingerprint density at radius 3 is 2.55 bits per heavy atom. The topological polar surface area (TPSA) is 90.2 Å². The number of oxazole rings is 1. The third-order valence-electron chi connectivity index (χ3n) is 5.48. The van der Waals surface area contributed by atoms with Crippen molar-refractivity contribution in [1.29, 1.82) is 0 Å². The number of piperidine rings is 1. The summed E-state index contributed by atoms with van der Waals surface area (Å²) in [5.41, 5.74) is 8.33. The van der Waals surface area contributed by atoms with Crippen molar-refractivity contribution >= 4 is 29.1 Å². The van der Waals surface area contributed by atoms with E-state index in [1.165, 1.54) is 12.5 Å². The van der Waals surface area contributed by atoms with Crippen LogP contribution >= 0.6 is 23.2 Å². The second-order valence-corrected chi connectivity index (χ2v) is 8.10. The van der Waals surface area contributed by atoms with Crippen molar-refractivity contribution in [3.8, 4) is 11.6 Å². The van der Waals surface area contributed by atoms with E-state index >= 15 is 0 Å². The third-order valence-corrected chi connectivity index (χ3v) is 6.19. The summed E-state index contributed by atoms with van der Waals surface area (Å²) >= 11 is 12.3. The van der Waals surface area contributed by atoms with Crippen LogP contribution in [0.2, 0.25) is 10.0 Å². The summed E-state index contributed by atoms with van der Waals surface area (Å²) in [6.07, 6.45) is 4.35. The molecule has 2 N–H and O–H groups in total. The zero-order valence-corrected chi connectivity index (χ0v) is 17.5. The number of benzene rings is 1. The second-order valence-electron chi connectivity index (χ2n) is 7.29. The fourth-order valence-electron chi connectivity index (χ4n) is 3.61. The molecule has 0 aliphatic carbocycles. The lowest BCUT2D eigenvalue weighted by Gasteiger charge is -2.39. The number of halogens is 2. The van der Waals surface area contributed by atoms with E-state index < -0.39 is 5.54 Å². The van der Waals surface area contributed by atoms with E-state index in [1.54, 1.807) is 4.68 Å². The molecule has 0 saturated carbocycles. The first-order valence-electron chi connectivity index (χ1n) is 9.33. The van der Waals surface area contributed by atoms with Gasteiger partial charge in [0.25, 0.3) is 0 Å². The van der Waals surface area contributed by atoms with E-state index in [-0.39, 0.29) is 12.5 Å². The molecule has 2 aromatic heterocycles. The molecule has 1 saturated heterocycles. The Morgan fingerprint density at radius 2 is 1.93 bits per heavy atom. The highest BCUT2D eigenvalue weighted by atomic mass is 35.5. The van der Waals surface area contributed by atoms with Gasteiger partial charge in [-0.25, -0.2) is 4.98 Å². The van der Waals surface area contributed by atoms with Gasteiger partial charge < -0.3 is 15.1 Å². The maximum absolute atomic E-state index is 12.8. The van der Waals surface area contributed by atoms with Gasteiger partial charge in [0.15, 0.2) is 5.69 Å². The highest BCUT2D eigenvalue weighted by Gasteiger charge is 2.34. The highest BCUT2D eigenvalue weighted by molar-refractivity contribution is 6.33. The predicted octanol–water partition coefficient (Wildman–Crippen LogP) is 3.63. The fraction of sp³-hybridized carbons (Fsp3) is 0.350. The summed E-state index contributed by atoms with van der Waals surface area (Å²) in [6.45, 7) is 3.08. The Morgan fingerprint density at radius 1 is 1.24 bits per heavy atom. The maximum Gasteiger partial charge on any atom is 0.248 e. The minimum atomic E-state index is -0.454. The number of rotatable bonds is 4. The van der Waals surface area contributed by atoms with Crippen LogP contribution < -0.4 is 5.73 Å². The number of likely N-dealkylation sites (tertiary alicyclic amines) is 1. The van der Waals surface area contributed by atoms with Crippen LogP contribution in [0.25, 0.3) is 11.6 Å². The lowest BCUT2D eigenvalue weighted by atomic mass is 9.82. The molecule has 1 amide bonds. The molecule has 1 fully saturated rings. The predicted molar refractivity (Wildman–Crippen MR) is 111 cm³/mol. The molecule has 0 atom stereocenters. The Balaban J connectivity index is 1.43. The number of aromatic nitrogens is 3. The van der Waals surface area contributed by atoms with Gasteiger partial charge in [-0.05, 0) is 37.5 Å². The molecule has 3 aromatic rings. The van der Waals surface area contributed by atoms with Gasteiger partial charge >= 0.3 is 0 Å². The molecule has 0 bridgehead atoms. The number of amides is 1. The van der Waals surface area contributed by atoms with Crippen LogP contribution in [0.5, 0.6) is 0 Å². The molecule has 3 heterocycles. The van der Waals surface area contributed by atoms with Crippen molar-refractivity contribution in [2.24, 2.45) is 5.73 Å². The van der Waals surface area contributed by atoms with Gasteiger partial charge in [0, 0.05) is 23.7 Å². The number of nitrogens with two attached hydrogens (primary N) is 1. The Labute approximate surface area is 178 Å². The molecule has 152 valence electrons. The Kier molecular flexibility index (Phi) is 5.38. The minimum Gasteiger partial charge on any atom is -0.443 e. The van der Waals surface area contributed by atoms with E-state index in [0.717, 1.165) is 5.56 Å². The summed E-state index contributed by atoms with van der Waals surface area (Å²) in [7, 11) is 0. The van der Waals surface area contributed by atoms with Crippen LogP contribution in [-0.2, 0) is 16.9 Å². The smallest absolute Gasteiger partial charge is 0.248 e. The summed E-state index contributed by atoms with van der Waals surface area (Å²) < 4.78 is 6.86. The molecular formula is C20H21Cl2N5O2. The Bertz CT molecular complexity index is 1010.